The Balaban J connectivity index is 1.29. The van der Waals surface area contributed by atoms with E-state index < -0.39 is 0 Å². The second-order valence-electron chi connectivity index (χ2n) is 15.8. The Morgan fingerprint density at radius 2 is 0.870 bits per heavy atom. The number of ether oxygens (including phenoxy) is 2. The van der Waals surface area contributed by atoms with Crippen LogP contribution >= 0.6 is 23.5 Å². The molecule has 2 unspecified atom stereocenters. The molecular weight excluding hydrogens is 705 g/mol. The average Bonchev–Trinajstić information content (AvgIpc) is 3.17. The van der Waals surface area contributed by atoms with Crippen LogP contribution in [0, 0.1) is 5.92 Å². The molecule has 2 aromatic rings. The lowest BCUT2D eigenvalue weighted by molar-refractivity contribution is -0.144. The number of hydrogen-bond donors (Lipinski definition) is 0. The van der Waals surface area contributed by atoms with Gasteiger partial charge in [-0.2, -0.15) is 23.5 Å². The Kier molecular flexibility index (Phi) is 29.7. The fourth-order valence-corrected chi connectivity index (χ4v) is 8.74. The zero-order valence-corrected chi connectivity index (χ0v) is 36.6. The number of hydrogen-bond acceptors (Lipinski definition) is 6. The summed E-state index contributed by atoms with van der Waals surface area (Å²) in [5.41, 5.74) is 4.11. The van der Waals surface area contributed by atoms with Crippen LogP contribution in [0.1, 0.15) is 196 Å². The van der Waals surface area contributed by atoms with Gasteiger partial charge in [-0.25, -0.2) is 0 Å². The normalized spacial score (nSPS) is 12.5. The highest BCUT2D eigenvalue weighted by Crippen LogP contribution is 2.30. The van der Waals surface area contributed by atoms with E-state index in [1.807, 2.05) is 29.6 Å². The van der Waals surface area contributed by atoms with Gasteiger partial charge in [0, 0.05) is 22.0 Å². The standard InChI is InChI=1S/C48H78O4S2/c1-41(2)27-21-20-26-38-52-48(50)36-40-54-43(4)46-33-31-44(32-34-46)28-22-17-15-13-11-9-7-5-6-8-10-12-14-16-18-25-37-51-47(49)35-39-53-42(3)45-29-23-19-24-30-45/h19,23-24,29-34,41-43H,5-18,20-22,25-28,35-40H2,1-4H3. The van der Waals surface area contributed by atoms with E-state index in [-0.39, 0.29) is 11.9 Å². The summed E-state index contributed by atoms with van der Waals surface area (Å²) in [6, 6.07) is 19.6. The maximum absolute atomic E-state index is 12.1. The molecule has 0 saturated carbocycles. The topological polar surface area (TPSA) is 52.6 Å². The van der Waals surface area contributed by atoms with Crippen LogP contribution in [0.15, 0.2) is 54.6 Å². The number of aryl methyl sites for hydroxylation is 1. The zero-order chi connectivity index (χ0) is 38.9. The van der Waals surface area contributed by atoms with Gasteiger partial charge in [0.1, 0.15) is 0 Å². The van der Waals surface area contributed by atoms with Gasteiger partial charge in [-0.05, 0) is 62.1 Å². The van der Waals surface area contributed by atoms with E-state index in [4.69, 9.17) is 9.47 Å². The van der Waals surface area contributed by atoms with E-state index in [2.05, 4.69) is 76.2 Å². The molecule has 0 heterocycles. The molecule has 6 heteroatoms. The van der Waals surface area contributed by atoms with Gasteiger partial charge in [-0.1, -0.05) is 178 Å². The van der Waals surface area contributed by atoms with Crippen LogP contribution in [0.2, 0.25) is 0 Å². The Labute approximate surface area is 340 Å². The van der Waals surface area contributed by atoms with Crippen molar-refractivity contribution in [3.63, 3.8) is 0 Å². The molecule has 2 atom stereocenters. The molecule has 4 nitrogen and oxygen atoms in total. The van der Waals surface area contributed by atoms with Crippen LogP contribution in [0.3, 0.4) is 0 Å². The van der Waals surface area contributed by atoms with Crippen molar-refractivity contribution >= 4 is 35.5 Å². The molecule has 0 aliphatic rings. The SMILES string of the molecule is CC(C)CCCCCOC(=O)CCSC(C)c1ccc(CCCCCCCCCCCCCCCCCCOC(=O)CCSC(C)c2ccccc2)cc1. The van der Waals surface area contributed by atoms with Crippen molar-refractivity contribution in [2.45, 2.75) is 186 Å². The first-order chi connectivity index (χ1) is 26.3. The summed E-state index contributed by atoms with van der Waals surface area (Å²) in [5, 5.41) is 0.800. The predicted molar refractivity (Wildman–Crippen MR) is 237 cm³/mol. The fraction of sp³-hybridized carbons (Fsp3) is 0.708. The molecular formula is C48H78O4S2. The van der Waals surface area contributed by atoms with Gasteiger partial charge in [0.2, 0.25) is 0 Å². The average molecular weight is 783 g/mol. The van der Waals surface area contributed by atoms with Crippen LogP contribution in [0.5, 0.6) is 0 Å². The summed E-state index contributed by atoms with van der Waals surface area (Å²) in [7, 11) is 0. The maximum atomic E-state index is 12.1. The summed E-state index contributed by atoms with van der Waals surface area (Å²) in [6.45, 7) is 10.1. The number of unbranched alkanes of at least 4 members (excludes halogenated alkanes) is 17. The summed E-state index contributed by atoms with van der Waals surface area (Å²) in [5.74, 6) is 2.28. The molecule has 0 fully saturated rings. The van der Waals surface area contributed by atoms with Gasteiger partial charge in [0.05, 0.1) is 26.1 Å². The van der Waals surface area contributed by atoms with Crippen molar-refractivity contribution in [3.8, 4) is 0 Å². The summed E-state index contributed by atoms with van der Waals surface area (Å²) >= 11 is 3.66. The third-order valence-electron chi connectivity index (χ3n) is 10.4. The van der Waals surface area contributed by atoms with Gasteiger partial charge >= 0.3 is 11.9 Å². The number of esters is 2. The maximum Gasteiger partial charge on any atom is 0.306 e. The van der Waals surface area contributed by atoms with E-state index in [1.165, 1.54) is 132 Å². The molecule has 0 aliphatic heterocycles. The van der Waals surface area contributed by atoms with Gasteiger partial charge in [-0.3, -0.25) is 9.59 Å². The Morgan fingerprint density at radius 1 is 0.481 bits per heavy atom. The molecule has 2 aromatic carbocycles. The molecule has 0 aliphatic carbocycles. The van der Waals surface area contributed by atoms with Gasteiger partial charge < -0.3 is 9.47 Å². The number of carbonyl (C=O) groups excluding carboxylic acids is 2. The first-order valence-corrected chi connectivity index (χ1v) is 24.1. The molecule has 0 saturated heterocycles. The third-order valence-corrected chi connectivity index (χ3v) is 12.8. The highest BCUT2D eigenvalue weighted by Gasteiger charge is 2.10. The Hall–Kier alpha value is -1.92. The minimum atomic E-state index is -0.0525. The minimum Gasteiger partial charge on any atom is -0.466 e. The van der Waals surface area contributed by atoms with E-state index in [1.54, 1.807) is 0 Å². The van der Waals surface area contributed by atoms with Crippen molar-refractivity contribution in [2.24, 2.45) is 5.92 Å². The molecule has 54 heavy (non-hydrogen) atoms. The van der Waals surface area contributed by atoms with Gasteiger partial charge in [-0.15, -0.1) is 0 Å². The molecule has 306 valence electrons. The number of benzene rings is 2. The molecule has 0 spiro atoms. The van der Waals surface area contributed by atoms with Crippen molar-refractivity contribution < 1.29 is 19.1 Å². The van der Waals surface area contributed by atoms with Crippen molar-refractivity contribution in [3.05, 3.63) is 71.3 Å². The second kappa shape index (κ2) is 33.2. The van der Waals surface area contributed by atoms with Crippen molar-refractivity contribution in [1.82, 2.24) is 0 Å². The summed E-state index contributed by atoms with van der Waals surface area (Å²) in [6.07, 6.45) is 28.0. The Morgan fingerprint density at radius 3 is 1.31 bits per heavy atom. The first kappa shape index (κ1) is 48.2. The van der Waals surface area contributed by atoms with Gasteiger partial charge in [0.25, 0.3) is 0 Å². The lowest BCUT2D eigenvalue weighted by Gasteiger charge is -2.12. The van der Waals surface area contributed by atoms with E-state index in [9.17, 15) is 9.59 Å². The molecule has 0 N–H and O–H groups in total. The smallest absolute Gasteiger partial charge is 0.306 e. The lowest BCUT2D eigenvalue weighted by atomic mass is 10.0. The molecule has 0 aromatic heterocycles. The second-order valence-corrected chi connectivity index (χ2v) is 18.7. The molecule has 2 rings (SSSR count). The highest BCUT2D eigenvalue weighted by atomic mass is 32.2. The Bertz CT molecular complexity index is 1170. The van der Waals surface area contributed by atoms with E-state index in [0.29, 0.717) is 36.6 Å². The monoisotopic (exact) mass is 783 g/mol. The quantitative estimate of drug-likeness (QED) is 0.0513. The fourth-order valence-electron chi connectivity index (χ4n) is 6.76. The molecule has 0 radical (unpaired) electrons. The largest absolute Gasteiger partial charge is 0.466 e. The predicted octanol–water partition coefficient (Wildman–Crippen LogP) is 14.8. The summed E-state index contributed by atoms with van der Waals surface area (Å²) in [4.78, 5) is 24.1. The highest BCUT2D eigenvalue weighted by molar-refractivity contribution is 7.99. The first-order valence-electron chi connectivity index (χ1n) is 22.0. The number of carbonyl (C=O) groups is 2. The molecule has 0 amide bonds. The van der Waals surface area contributed by atoms with Crippen LogP contribution in [-0.2, 0) is 25.5 Å². The molecule has 0 bridgehead atoms. The van der Waals surface area contributed by atoms with E-state index in [0.717, 1.165) is 36.7 Å². The van der Waals surface area contributed by atoms with Crippen LogP contribution in [0.25, 0.3) is 0 Å². The lowest BCUT2D eigenvalue weighted by Crippen LogP contribution is -2.07. The third kappa shape index (κ3) is 26.8. The summed E-state index contributed by atoms with van der Waals surface area (Å²) < 4.78 is 10.9. The van der Waals surface area contributed by atoms with Crippen LogP contribution in [0.4, 0.5) is 0 Å². The van der Waals surface area contributed by atoms with Gasteiger partial charge in [0.15, 0.2) is 0 Å². The van der Waals surface area contributed by atoms with Crippen molar-refractivity contribution in [2.75, 3.05) is 24.7 Å². The minimum absolute atomic E-state index is 0.0514. The van der Waals surface area contributed by atoms with E-state index >= 15 is 0 Å². The van der Waals surface area contributed by atoms with Crippen LogP contribution in [-0.4, -0.2) is 36.7 Å². The van der Waals surface area contributed by atoms with Crippen LogP contribution < -0.4 is 0 Å². The zero-order valence-electron chi connectivity index (χ0n) is 35.0. The number of thioether (sulfide) groups is 2. The van der Waals surface area contributed by atoms with Crippen molar-refractivity contribution in [1.29, 1.82) is 0 Å². The number of rotatable bonds is 35.